The van der Waals surface area contributed by atoms with Gasteiger partial charge in [-0.25, -0.2) is 0 Å². The topological polar surface area (TPSA) is 88.6 Å². The summed E-state index contributed by atoms with van der Waals surface area (Å²) in [5.74, 6) is 0.547. The van der Waals surface area contributed by atoms with Gasteiger partial charge in [-0.1, -0.05) is 42.8 Å². The number of amides is 1. The number of furan rings is 1. The largest absolute Gasteiger partial charge is 0.461 e. The van der Waals surface area contributed by atoms with Crippen LogP contribution < -0.4 is 16.0 Å². The Bertz CT molecular complexity index is 1540. The van der Waals surface area contributed by atoms with Gasteiger partial charge in [-0.15, -0.1) is 5.73 Å². The van der Waals surface area contributed by atoms with Crippen LogP contribution in [0.2, 0.25) is 0 Å². The Kier molecular flexibility index (Phi) is 10.7. The fourth-order valence-electron chi connectivity index (χ4n) is 6.33. The van der Waals surface area contributed by atoms with Crippen molar-refractivity contribution >= 4 is 17.4 Å². The Morgan fingerprint density at radius 3 is 2.66 bits per heavy atom. The second-order valence-electron chi connectivity index (χ2n) is 12.2. The standard InChI is InChI=1S/C38H45N3O3/c1-3-28-10-6-11-29(23-28)12-7-19-40-38(43)32-15-16-35(33(25-32)26-34(39)37(42)36-14-8-22-44-36)41-20-17-30(18-21-41)24-31-13-5-4-9-27(31)2/h4-6,8-10,13-16,22,25,30,34H,3,7,12,17-21,23-24,26,39H2,1-2H3,(H,40,43). The van der Waals surface area contributed by atoms with Gasteiger partial charge < -0.3 is 20.4 Å². The highest BCUT2D eigenvalue weighted by Gasteiger charge is 2.25. The van der Waals surface area contributed by atoms with Crippen LogP contribution in [-0.2, 0) is 12.8 Å². The van der Waals surface area contributed by atoms with Crippen molar-refractivity contribution in [2.45, 2.75) is 71.3 Å². The van der Waals surface area contributed by atoms with Gasteiger partial charge in [-0.3, -0.25) is 9.59 Å². The van der Waals surface area contributed by atoms with Crippen molar-refractivity contribution < 1.29 is 14.0 Å². The number of hydrogen-bond donors (Lipinski definition) is 2. The van der Waals surface area contributed by atoms with Gasteiger partial charge in [0.2, 0.25) is 5.78 Å². The number of benzene rings is 2. The monoisotopic (exact) mass is 591 g/mol. The predicted octanol–water partition coefficient (Wildman–Crippen LogP) is 7.13. The first kappa shape index (κ1) is 31.3. The minimum absolute atomic E-state index is 0.108. The second-order valence-corrected chi connectivity index (χ2v) is 12.2. The van der Waals surface area contributed by atoms with Gasteiger partial charge in [-0.05, 0) is 123 Å². The molecule has 0 saturated carbocycles. The SMILES string of the molecule is CCC1=CC=C=C(CCCNC(=O)c2ccc(N3CCC(Cc4ccccc4C)CC3)c(CC(N)C(=O)c3ccco3)c2)C1. The summed E-state index contributed by atoms with van der Waals surface area (Å²) in [7, 11) is 0. The third-order valence-corrected chi connectivity index (χ3v) is 9.05. The second kappa shape index (κ2) is 15.1. The van der Waals surface area contributed by atoms with Crippen molar-refractivity contribution in [1.82, 2.24) is 5.32 Å². The molecule has 1 saturated heterocycles. The number of allylic oxidation sites excluding steroid dienone is 3. The zero-order valence-electron chi connectivity index (χ0n) is 26.1. The maximum Gasteiger partial charge on any atom is 0.251 e. The molecular weight excluding hydrogens is 546 g/mol. The molecule has 1 aliphatic carbocycles. The van der Waals surface area contributed by atoms with E-state index in [2.05, 4.69) is 60.1 Å². The minimum Gasteiger partial charge on any atom is -0.461 e. The smallest absolute Gasteiger partial charge is 0.251 e. The van der Waals surface area contributed by atoms with Crippen LogP contribution in [0.15, 0.2) is 94.3 Å². The van der Waals surface area contributed by atoms with Gasteiger partial charge in [0, 0.05) is 30.9 Å². The molecule has 1 amide bonds. The van der Waals surface area contributed by atoms with Gasteiger partial charge >= 0.3 is 0 Å². The zero-order valence-corrected chi connectivity index (χ0v) is 26.1. The molecule has 2 aliphatic rings. The lowest BCUT2D eigenvalue weighted by molar-refractivity contribution is 0.0932. The van der Waals surface area contributed by atoms with Crippen LogP contribution in [0.25, 0.3) is 0 Å². The number of nitrogens with two attached hydrogens (primary N) is 1. The summed E-state index contributed by atoms with van der Waals surface area (Å²) in [6, 6.07) is 17.1. The molecule has 0 radical (unpaired) electrons. The number of anilines is 1. The molecule has 230 valence electrons. The van der Waals surface area contributed by atoms with E-state index in [1.54, 1.807) is 12.1 Å². The number of Topliss-reactive ketones (excluding diaryl/α,β-unsaturated/α-hetero) is 1. The van der Waals surface area contributed by atoms with Gasteiger partial charge in [0.05, 0.1) is 12.3 Å². The number of rotatable bonds is 13. The quantitative estimate of drug-likeness (QED) is 0.125. The van der Waals surface area contributed by atoms with E-state index in [0.29, 0.717) is 24.4 Å². The number of nitrogens with zero attached hydrogens (tertiary/aromatic N) is 1. The minimum atomic E-state index is -0.768. The number of ketones is 1. The lowest BCUT2D eigenvalue weighted by atomic mass is 9.88. The number of carbonyl (C=O) groups excluding carboxylic acids is 2. The number of carbonyl (C=O) groups is 2. The van der Waals surface area contributed by atoms with Crippen molar-refractivity contribution in [3.63, 3.8) is 0 Å². The average Bonchev–Trinajstić information content (AvgIpc) is 3.59. The number of hydrogen-bond acceptors (Lipinski definition) is 5. The maximum absolute atomic E-state index is 13.2. The van der Waals surface area contributed by atoms with E-state index in [1.165, 1.54) is 28.5 Å². The van der Waals surface area contributed by atoms with Crippen LogP contribution >= 0.6 is 0 Å². The van der Waals surface area contributed by atoms with Crippen LogP contribution in [0.5, 0.6) is 0 Å². The number of nitrogens with one attached hydrogen (secondary N) is 1. The summed E-state index contributed by atoms with van der Waals surface area (Å²) in [5, 5.41) is 3.09. The van der Waals surface area contributed by atoms with E-state index < -0.39 is 6.04 Å². The van der Waals surface area contributed by atoms with Crippen LogP contribution in [0.3, 0.4) is 0 Å². The molecule has 3 aromatic rings. The Hall–Kier alpha value is -4.12. The van der Waals surface area contributed by atoms with Gasteiger partial charge in [-0.2, -0.15) is 0 Å². The van der Waals surface area contributed by atoms with E-state index in [0.717, 1.165) is 69.3 Å². The molecule has 44 heavy (non-hydrogen) atoms. The molecule has 5 rings (SSSR count). The Morgan fingerprint density at radius 1 is 1.09 bits per heavy atom. The van der Waals surface area contributed by atoms with Crippen LogP contribution in [0, 0.1) is 12.8 Å². The molecule has 6 heteroatoms. The summed E-state index contributed by atoms with van der Waals surface area (Å²) >= 11 is 0. The van der Waals surface area contributed by atoms with Crippen molar-refractivity contribution in [3.05, 3.63) is 118 Å². The molecule has 6 nitrogen and oxygen atoms in total. The van der Waals surface area contributed by atoms with E-state index >= 15 is 0 Å². The molecule has 1 fully saturated rings. The van der Waals surface area contributed by atoms with Gasteiger partial charge in [0.1, 0.15) is 0 Å². The highest BCUT2D eigenvalue weighted by molar-refractivity contribution is 5.98. The number of piperidine rings is 1. The molecule has 0 spiro atoms. The summed E-state index contributed by atoms with van der Waals surface area (Å²) in [4.78, 5) is 28.6. The van der Waals surface area contributed by atoms with E-state index in [-0.39, 0.29) is 17.5 Å². The molecular formula is C38H45N3O3. The Labute approximate surface area is 261 Å². The summed E-state index contributed by atoms with van der Waals surface area (Å²) in [5.41, 5.74) is 17.8. The lowest BCUT2D eigenvalue weighted by Crippen LogP contribution is -2.37. The third-order valence-electron chi connectivity index (χ3n) is 9.05. The number of aryl methyl sites for hydroxylation is 1. The van der Waals surface area contributed by atoms with Gasteiger partial charge in [0.25, 0.3) is 5.91 Å². The molecule has 0 bridgehead atoms. The van der Waals surface area contributed by atoms with Gasteiger partial charge in [0.15, 0.2) is 5.76 Å². The summed E-state index contributed by atoms with van der Waals surface area (Å²) in [6.45, 7) is 6.81. The molecule has 3 N–H and O–H groups in total. The molecule has 1 aromatic heterocycles. The van der Waals surface area contributed by atoms with E-state index in [1.807, 2.05) is 24.3 Å². The van der Waals surface area contributed by atoms with Crippen molar-refractivity contribution in [1.29, 1.82) is 0 Å². The fourth-order valence-corrected chi connectivity index (χ4v) is 6.33. The van der Waals surface area contributed by atoms with Crippen molar-refractivity contribution in [3.8, 4) is 0 Å². The zero-order chi connectivity index (χ0) is 30.9. The van der Waals surface area contributed by atoms with Crippen LogP contribution in [0.4, 0.5) is 5.69 Å². The highest BCUT2D eigenvalue weighted by Crippen LogP contribution is 2.30. The molecule has 1 unspecified atom stereocenters. The molecule has 2 aromatic carbocycles. The van der Waals surface area contributed by atoms with Crippen LogP contribution in [-0.4, -0.2) is 37.4 Å². The molecule has 1 atom stereocenters. The predicted molar refractivity (Wildman–Crippen MR) is 177 cm³/mol. The van der Waals surface area contributed by atoms with Crippen molar-refractivity contribution in [2.24, 2.45) is 11.7 Å². The van der Waals surface area contributed by atoms with Crippen LogP contribution in [0.1, 0.15) is 83.1 Å². The Morgan fingerprint density at radius 2 is 1.91 bits per heavy atom. The molecule has 1 aliphatic heterocycles. The normalized spacial score (nSPS) is 15.9. The summed E-state index contributed by atoms with van der Waals surface area (Å²) < 4.78 is 5.33. The van der Waals surface area contributed by atoms with Crippen molar-refractivity contribution in [2.75, 3.05) is 24.5 Å². The fraction of sp³-hybridized carbons (Fsp3) is 0.395. The summed E-state index contributed by atoms with van der Waals surface area (Å²) in [6.07, 6.45) is 13.1. The Balaban J connectivity index is 1.24. The first-order valence-corrected chi connectivity index (χ1v) is 16.1. The average molecular weight is 592 g/mol. The first-order valence-electron chi connectivity index (χ1n) is 16.1. The molecule has 2 heterocycles. The first-order chi connectivity index (χ1) is 21.4. The maximum atomic E-state index is 13.2. The highest BCUT2D eigenvalue weighted by atomic mass is 16.3. The van der Waals surface area contributed by atoms with E-state index in [4.69, 9.17) is 10.2 Å². The lowest BCUT2D eigenvalue weighted by Gasteiger charge is -2.35. The third kappa shape index (κ3) is 8.07. The van der Waals surface area contributed by atoms with E-state index in [9.17, 15) is 9.59 Å².